The third kappa shape index (κ3) is 8.52. The first kappa shape index (κ1) is 29.7. The van der Waals surface area contributed by atoms with Crippen LogP contribution >= 0.6 is 0 Å². The molecule has 0 bridgehead atoms. The van der Waals surface area contributed by atoms with Crippen LogP contribution in [0.15, 0.2) is 18.2 Å². The number of hydrogen-bond acceptors (Lipinski definition) is 4. The molecular formula is C29H47N3O4. The molecule has 1 aromatic rings. The topological polar surface area (TPSA) is 87.7 Å². The lowest BCUT2D eigenvalue weighted by atomic mass is 9.92. The van der Waals surface area contributed by atoms with Crippen molar-refractivity contribution in [3.05, 3.63) is 34.9 Å². The number of ether oxygens (including phenoxy) is 1. The standard InChI is InChI=1S/C29H47N3O4/c1-10-12-21(6)30-26(33)25(24-19(4)13-11-14-20(24)5)32(22-15-16-22)27(34)23(17-18(2)3)31-28(35)36-29(7,8)9/h11,13-14,18,21-23,25H,10,12,15-17H2,1-9H3,(H,30,33)(H,31,35). The van der Waals surface area contributed by atoms with Crippen molar-refractivity contribution in [2.24, 2.45) is 5.92 Å². The lowest BCUT2D eigenvalue weighted by molar-refractivity contribution is -0.143. The summed E-state index contributed by atoms with van der Waals surface area (Å²) in [5, 5.41) is 5.98. The summed E-state index contributed by atoms with van der Waals surface area (Å²) in [6.45, 7) is 17.5. The fourth-order valence-corrected chi connectivity index (χ4v) is 4.68. The summed E-state index contributed by atoms with van der Waals surface area (Å²) < 4.78 is 5.47. The van der Waals surface area contributed by atoms with Crippen LogP contribution in [0.3, 0.4) is 0 Å². The van der Waals surface area contributed by atoms with Gasteiger partial charge >= 0.3 is 6.09 Å². The monoisotopic (exact) mass is 501 g/mol. The fourth-order valence-electron chi connectivity index (χ4n) is 4.68. The summed E-state index contributed by atoms with van der Waals surface area (Å²) >= 11 is 0. The van der Waals surface area contributed by atoms with Gasteiger partial charge < -0.3 is 20.3 Å². The summed E-state index contributed by atoms with van der Waals surface area (Å²) in [7, 11) is 0. The molecule has 0 saturated heterocycles. The second kappa shape index (κ2) is 12.6. The Morgan fingerprint density at radius 1 is 1.06 bits per heavy atom. The fraction of sp³-hybridized carbons (Fsp3) is 0.690. The minimum Gasteiger partial charge on any atom is -0.444 e. The number of nitrogens with one attached hydrogen (secondary N) is 2. The van der Waals surface area contributed by atoms with Gasteiger partial charge in [0.15, 0.2) is 0 Å². The molecule has 7 heteroatoms. The Hall–Kier alpha value is -2.57. The third-order valence-corrected chi connectivity index (χ3v) is 6.34. The molecule has 1 aliphatic carbocycles. The van der Waals surface area contributed by atoms with Crippen LogP contribution in [0.5, 0.6) is 0 Å². The molecule has 7 nitrogen and oxygen atoms in total. The maximum Gasteiger partial charge on any atom is 0.408 e. The number of rotatable bonds is 11. The van der Waals surface area contributed by atoms with E-state index in [0.717, 1.165) is 42.4 Å². The maximum absolute atomic E-state index is 14.2. The van der Waals surface area contributed by atoms with Crippen molar-refractivity contribution in [2.45, 2.75) is 124 Å². The first-order valence-corrected chi connectivity index (χ1v) is 13.4. The van der Waals surface area contributed by atoms with Crippen molar-refractivity contribution in [1.29, 1.82) is 0 Å². The molecular weight excluding hydrogens is 454 g/mol. The van der Waals surface area contributed by atoms with E-state index >= 15 is 0 Å². The maximum atomic E-state index is 14.2. The van der Waals surface area contributed by atoms with Crippen molar-refractivity contribution in [3.8, 4) is 0 Å². The molecule has 0 aliphatic heterocycles. The highest BCUT2D eigenvalue weighted by molar-refractivity contribution is 5.93. The molecule has 1 saturated carbocycles. The van der Waals surface area contributed by atoms with E-state index in [2.05, 4.69) is 17.6 Å². The Morgan fingerprint density at radius 3 is 2.11 bits per heavy atom. The Morgan fingerprint density at radius 2 is 1.64 bits per heavy atom. The molecule has 3 amide bonds. The van der Waals surface area contributed by atoms with Crippen molar-refractivity contribution < 1.29 is 19.1 Å². The van der Waals surface area contributed by atoms with Crippen LogP contribution in [0.4, 0.5) is 4.79 Å². The highest BCUT2D eigenvalue weighted by atomic mass is 16.6. The van der Waals surface area contributed by atoms with Crippen LogP contribution in [0.1, 0.15) is 103 Å². The zero-order valence-electron chi connectivity index (χ0n) is 23.7. The molecule has 2 rings (SSSR count). The summed E-state index contributed by atoms with van der Waals surface area (Å²) in [5.74, 6) is -0.246. The molecule has 3 atom stereocenters. The highest BCUT2D eigenvalue weighted by Gasteiger charge is 2.45. The first-order chi connectivity index (χ1) is 16.7. The number of hydrogen-bond donors (Lipinski definition) is 2. The van der Waals surface area contributed by atoms with E-state index in [9.17, 15) is 14.4 Å². The molecule has 1 aromatic carbocycles. The van der Waals surface area contributed by atoms with E-state index in [0.29, 0.717) is 6.42 Å². The van der Waals surface area contributed by atoms with Crippen LogP contribution in [0, 0.1) is 19.8 Å². The van der Waals surface area contributed by atoms with Crippen LogP contribution in [0.2, 0.25) is 0 Å². The predicted octanol–water partition coefficient (Wildman–Crippen LogP) is 5.58. The number of amides is 3. The second-order valence-corrected chi connectivity index (χ2v) is 11.7. The Balaban J connectivity index is 2.51. The predicted molar refractivity (Wildman–Crippen MR) is 144 cm³/mol. The lowest BCUT2D eigenvalue weighted by Gasteiger charge is -2.36. The minimum absolute atomic E-state index is 0.00294. The van der Waals surface area contributed by atoms with Crippen LogP contribution < -0.4 is 10.6 Å². The quantitative estimate of drug-likeness (QED) is 0.414. The molecule has 1 fully saturated rings. The van der Waals surface area contributed by atoms with E-state index in [1.54, 1.807) is 25.7 Å². The molecule has 0 spiro atoms. The Kier molecular flexibility index (Phi) is 10.4. The average Bonchev–Trinajstić information content (AvgIpc) is 3.55. The minimum atomic E-state index is -0.784. The molecule has 3 unspecified atom stereocenters. The number of aryl methyl sites for hydroxylation is 2. The van der Waals surface area contributed by atoms with Gasteiger partial charge in [0.05, 0.1) is 0 Å². The van der Waals surface area contributed by atoms with Gasteiger partial charge in [-0.15, -0.1) is 0 Å². The molecule has 202 valence electrons. The van der Waals surface area contributed by atoms with Crippen molar-refractivity contribution >= 4 is 17.9 Å². The number of benzene rings is 1. The van der Waals surface area contributed by atoms with Gasteiger partial charge in [-0.05, 0) is 89.8 Å². The molecule has 36 heavy (non-hydrogen) atoms. The summed E-state index contributed by atoms with van der Waals surface area (Å²) in [5.41, 5.74) is 2.12. The summed E-state index contributed by atoms with van der Waals surface area (Å²) in [6, 6.07) is 4.35. The van der Waals surface area contributed by atoms with Crippen molar-refractivity contribution in [2.75, 3.05) is 0 Å². The van der Waals surface area contributed by atoms with Crippen LogP contribution in [0.25, 0.3) is 0 Å². The van der Waals surface area contributed by atoms with Gasteiger partial charge in [0.1, 0.15) is 17.7 Å². The van der Waals surface area contributed by atoms with E-state index in [1.165, 1.54) is 0 Å². The first-order valence-electron chi connectivity index (χ1n) is 13.4. The van der Waals surface area contributed by atoms with Gasteiger partial charge in [-0.25, -0.2) is 4.79 Å². The zero-order valence-corrected chi connectivity index (χ0v) is 23.7. The number of alkyl carbamates (subject to hydrolysis) is 1. The second-order valence-electron chi connectivity index (χ2n) is 11.7. The Bertz CT molecular complexity index is 897. The SMILES string of the molecule is CCCC(C)NC(=O)C(c1c(C)cccc1C)N(C(=O)C(CC(C)C)NC(=O)OC(C)(C)C)C1CC1. The van der Waals surface area contributed by atoms with Gasteiger partial charge in [0.2, 0.25) is 11.8 Å². The van der Waals surface area contributed by atoms with E-state index < -0.39 is 23.8 Å². The van der Waals surface area contributed by atoms with Crippen LogP contribution in [-0.4, -0.2) is 46.5 Å². The summed E-state index contributed by atoms with van der Waals surface area (Å²) in [6.07, 6.45) is 3.32. The van der Waals surface area contributed by atoms with Crippen LogP contribution in [-0.2, 0) is 14.3 Å². The van der Waals surface area contributed by atoms with Gasteiger partial charge in [-0.3, -0.25) is 9.59 Å². The number of carbonyl (C=O) groups is 3. The smallest absolute Gasteiger partial charge is 0.408 e. The summed E-state index contributed by atoms with van der Waals surface area (Å²) in [4.78, 5) is 42.5. The Labute approximate surface area is 217 Å². The third-order valence-electron chi connectivity index (χ3n) is 6.34. The van der Waals surface area contributed by atoms with Crippen molar-refractivity contribution in [3.63, 3.8) is 0 Å². The van der Waals surface area contributed by atoms with Crippen molar-refractivity contribution in [1.82, 2.24) is 15.5 Å². The largest absolute Gasteiger partial charge is 0.444 e. The van der Waals surface area contributed by atoms with Gasteiger partial charge in [-0.2, -0.15) is 0 Å². The molecule has 0 aromatic heterocycles. The van der Waals surface area contributed by atoms with E-state index in [4.69, 9.17) is 4.74 Å². The van der Waals surface area contributed by atoms with Gasteiger partial charge in [0, 0.05) is 12.1 Å². The number of nitrogens with zero attached hydrogens (tertiary/aromatic N) is 1. The molecule has 1 aliphatic rings. The average molecular weight is 502 g/mol. The van der Waals surface area contributed by atoms with Gasteiger partial charge in [-0.1, -0.05) is 45.4 Å². The van der Waals surface area contributed by atoms with E-state index in [-0.39, 0.29) is 29.8 Å². The molecule has 2 N–H and O–H groups in total. The van der Waals surface area contributed by atoms with Gasteiger partial charge in [0.25, 0.3) is 0 Å². The normalized spacial score (nSPS) is 16.2. The highest BCUT2D eigenvalue weighted by Crippen LogP contribution is 2.38. The molecule has 0 radical (unpaired) electrons. The van der Waals surface area contributed by atoms with E-state index in [1.807, 2.05) is 52.8 Å². The molecule has 0 heterocycles. The zero-order chi connectivity index (χ0) is 27.2. The lowest BCUT2D eigenvalue weighted by Crippen LogP contribution is -2.54. The number of carbonyl (C=O) groups excluding carboxylic acids is 3.